The number of benzene rings is 1. The van der Waals surface area contributed by atoms with Crippen LogP contribution < -0.4 is 11.1 Å². The van der Waals surface area contributed by atoms with E-state index in [1.165, 1.54) is 10.2 Å². The van der Waals surface area contributed by atoms with Gasteiger partial charge >= 0.3 is 0 Å². The summed E-state index contributed by atoms with van der Waals surface area (Å²) in [6, 6.07) is 5.81. The maximum absolute atomic E-state index is 12.0. The van der Waals surface area contributed by atoms with E-state index < -0.39 is 5.54 Å². The minimum atomic E-state index is -0.567. The highest BCUT2D eigenvalue weighted by atomic mass is 16.2. The van der Waals surface area contributed by atoms with E-state index in [1.807, 2.05) is 45.9 Å². The third-order valence-corrected chi connectivity index (χ3v) is 3.30. The Morgan fingerprint density at radius 3 is 2.62 bits per heavy atom. The molecule has 112 valence electrons. The first-order valence-electron chi connectivity index (χ1n) is 6.82. The zero-order valence-electron chi connectivity index (χ0n) is 12.8. The molecule has 0 aliphatic rings. The molecular formula is C15H21N5O. The number of anilines is 1. The molecule has 0 spiro atoms. The molecule has 1 aromatic carbocycles. The maximum Gasteiger partial charge on any atom is 0.246 e. The van der Waals surface area contributed by atoms with E-state index in [9.17, 15) is 4.79 Å². The summed E-state index contributed by atoms with van der Waals surface area (Å²) >= 11 is 0. The molecule has 1 aromatic heterocycles. The summed E-state index contributed by atoms with van der Waals surface area (Å²) in [5.74, 6) is -0.149. The van der Waals surface area contributed by atoms with E-state index in [2.05, 4.69) is 15.6 Å². The van der Waals surface area contributed by atoms with Crippen molar-refractivity contribution in [1.29, 1.82) is 0 Å². The number of hydrogen-bond acceptors (Lipinski definition) is 4. The minimum Gasteiger partial charge on any atom is -0.324 e. The van der Waals surface area contributed by atoms with Crippen molar-refractivity contribution in [1.82, 2.24) is 15.0 Å². The van der Waals surface area contributed by atoms with Crippen molar-refractivity contribution in [3.8, 4) is 0 Å². The highest BCUT2D eigenvalue weighted by Crippen LogP contribution is 2.15. The second-order valence-corrected chi connectivity index (χ2v) is 5.87. The van der Waals surface area contributed by atoms with Gasteiger partial charge in [-0.05, 0) is 51.0 Å². The van der Waals surface area contributed by atoms with E-state index in [0.717, 1.165) is 11.3 Å². The number of nitrogens with two attached hydrogens (primary N) is 1. The first kappa shape index (κ1) is 15.2. The number of hydrogen-bond donors (Lipinski definition) is 2. The van der Waals surface area contributed by atoms with Crippen LogP contribution in [0.25, 0.3) is 0 Å². The van der Waals surface area contributed by atoms with Crippen molar-refractivity contribution < 1.29 is 4.79 Å². The summed E-state index contributed by atoms with van der Waals surface area (Å²) in [6.07, 6.45) is 1.69. The van der Waals surface area contributed by atoms with Gasteiger partial charge in [0.15, 0.2) is 0 Å². The Labute approximate surface area is 124 Å². The zero-order chi connectivity index (χ0) is 15.6. The van der Waals surface area contributed by atoms with Gasteiger partial charge in [0.25, 0.3) is 0 Å². The second-order valence-electron chi connectivity index (χ2n) is 5.87. The highest BCUT2D eigenvalue weighted by Gasteiger charge is 2.18. The van der Waals surface area contributed by atoms with Crippen LogP contribution in [-0.4, -0.2) is 20.9 Å². The molecule has 1 heterocycles. The summed E-state index contributed by atoms with van der Waals surface area (Å²) < 4.78 is 1.49. The summed E-state index contributed by atoms with van der Waals surface area (Å²) in [5.41, 5.74) is 9.14. The van der Waals surface area contributed by atoms with Crippen LogP contribution in [0.1, 0.15) is 30.7 Å². The van der Waals surface area contributed by atoms with Crippen LogP contribution in [0, 0.1) is 13.8 Å². The highest BCUT2D eigenvalue weighted by molar-refractivity contribution is 5.90. The van der Waals surface area contributed by atoms with Gasteiger partial charge in [0.2, 0.25) is 5.91 Å². The predicted molar refractivity (Wildman–Crippen MR) is 81.8 cm³/mol. The minimum absolute atomic E-state index is 0.107. The van der Waals surface area contributed by atoms with Crippen molar-refractivity contribution in [3.63, 3.8) is 0 Å². The van der Waals surface area contributed by atoms with Gasteiger partial charge in [-0.25, -0.2) is 4.68 Å². The molecule has 0 aliphatic carbocycles. The lowest BCUT2D eigenvalue weighted by Gasteiger charge is -2.13. The molecule has 2 rings (SSSR count). The molecule has 0 unspecified atom stereocenters. The molecule has 2 aromatic rings. The summed E-state index contributed by atoms with van der Waals surface area (Å²) in [6.45, 7) is 7.84. The standard InChI is InChI=1S/C15H21N5O/c1-10-5-6-12(7-11(10)2)17-14(21)9-20-8-13(18-19-20)15(3,4)16/h5-8H,9,16H2,1-4H3,(H,17,21). The molecular weight excluding hydrogens is 266 g/mol. The Morgan fingerprint density at radius 1 is 1.33 bits per heavy atom. The molecule has 0 radical (unpaired) electrons. The molecule has 6 heteroatoms. The van der Waals surface area contributed by atoms with Crippen molar-refractivity contribution in [3.05, 3.63) is 41.2 Å². The average Bonchev–Trinajstić information content (AvgIpc) is 2.82. The van der Waals surface area contributed by atoms with E-state index in [-0.39, 0.29) is 12.5 Å². The Kier molecular flexibility index (Phi) is 4.09. The quantitative estimate of drug-likeness (QED) is 0.896. The lowest BCUT2D eigenvalue weighted by molar-refractivity contribution is -0.116. The molecule has 0 fully saturated rings. The summed E-state index contributed by atoms with van der Waals surface area (Å²) in [7, 11) is 0. The van der Waals surface area contributed by atoms with Crippen LogP contribution in [0.3, 0.4) is 0 Å². The first-order chi connectivity index (χ1) is 9.75. The van der Waals surface area contributed by atoms with Gasteiger partial charge in [-0.2, -0.15) is 0 Å². The van der Waals surface area contributed by atoms with Crippen molar-refractivity contribution in [2.24, 2.45) is 5.73 Å². The van der Waals surface area contributed by atoms with Crippen LogP contribution in [0.4, 0.5) is 5.69 Å². The molecule has 0 aliphatic heterocycles. The van der Waals surface area contributed by atoms with Crippen molar-refractivity contribution in [2.45, 2.75) is 39.8 Å². The molecule has 0 atom stereocenters. The Hall–Kier alpha value is -2.21. The van der Waals surface area contributed by atoms with Gasteiger partial charge in [-0.3, -0.25) is 4.79 Å². The fraction of sp³-hybridized carbons (Fsp3) is 0.400. The molecule has 3 N–H and O–H groups in total. The van der Waals surface area contributed by atoms with E-state index in [0.29, 0.717) is 5.69 Å². The van der Waals surface area contributed by atoms with Gasteiger partial charge in [0, 0.05) is 5.69 Å². The summed E-state index contributed by atoms with van der Waals surface area (Å²) in [5, 5.41) is 10.8. The normalized spacial score (nSPS) is 11.5. The number of amides is 1. The first-order valence-corrected chi connectivity index (χ1v) is 6.82. The maximum atomic E-state index is 12.0. The molecule has 21 heavy (non-hydrogen) atoms. The number of carbonyl (C=O) groups excluding carboxylic acids is 1. The van der Waals surface area contributed by atoms with E-state index >= 15 is 0 Å². The number of nitrogens with one attached hydrogen (secondary N) is 1. The number of rotatable bonds is 4. The average molecular weight is 287 g/mol. The fourth-order valence-electron chi connectivity index (χ4n) is 1.84. The molecule has 1 amide bonds. The predicted octanol–water partition coefficient (Wildman–Crippen LogP) is 1.73. The van der Waals surface area contributed by atoms with Gasteiger partial charge in [0.05, 0.1) is 11.7 Å². The van der Waals surface area contributed by atoms with Gasteiger partial charge in [-0.1, -0.05) is 11.3 Å². The molecule has 0 saturated heterocycles. The monoisotopic (exact) mass is 287 g/mol. The SMILES string of the molecule is Cc1ccc(NC(=O)Cn2cc(C(C)(C)N)nn2)cc1C. The number of aromatic nitrogens is 3. The van der Waals surface area contributed by atoms with Gasteiger partial charge in [-0.15, -0.1) is 5.10 Å². The fourth-order valence-corrected chi connectivity index (χ4v) is 1.84. The molecule has 0 saturated carbocycles. The van der Waals surface area contributed by atoms with Crippen LogP contribution in [0.2, 0.25) is 0 Å². The third kappa shape index (κ3) is 3.88. The van der Waals surface area contributed by atoms with E-state index in [1.54, 1.807) is 6.20 Å². The molecule has 6 nitrogen and oxygen atoms in total. The van der Waals surface area contributed by atoms with Crippen molar-refractivity contribution in [2.75, 3.05) is 5.32 Å². The largest absolute Gasteiger partial charge is 0.324 e. The smallest absolute Gasteiger partial charge is 0.246 e. The van der Waals surface area contributed by atoms with E-state index in [4.69, 9.17) is 5.73 Å². The summed E-state index contributed by atoms with van der Waals surface area (Å²) in [4.78, 5) is 12.0. The van der Waals surface area contributed by atoms with Gasteiger partial charge in [0.1, 0.15) is 12.2 Å². The molecule has 0 bridgehead atoms. The Morgan fingerprint density at radius 2 is 2.05 bits per heavy atom. The topological polar surface area (TPSA) is 85.8 Å². The van der Waals surface area contributed by atoms with Crippen molar-refractivity contribution >= 4 is 11.6 Å². The second kappa shape index (κ2) is 5.65. The zero-order valence-corrected chi connectivity index (χ0v) is 12.8. The van der Waals surface area contributed by atoms with Crippen LogP contribution >= 0.6 is 0 Å². The van der Waals surface area contributed by atoms with Gasteiger partial charge < -0.3 is 11.1 Å². The number of carbonyl (C=O) groups is 1. The lowest BCUT2D eigenvalue weighted by Crippen LogP contribution is -2.29. The van der Waals surface area contributed by atoms with Crippen LogP contribution in [-0.2, 0) is 16.9 Å². The van der Waals surface area contributed by atoms with Crippen LogP contribution in [0.5, 0.6) is 0 Å². The number of aryl methyl sites for hydroxylation is 2. The van der Waals surface area contributed by atoms with Crippen LogP contribution in [0.15, 0.2) is 24.4 Å². The Balaban J connectivity index is 2.01. The Bertz CT molecular complexity index is 654. The number of nitrogens with zero attached hydrogens (tertiary/aromatic N) is 3. The third-order valence-electron chi connectivity index (χ3n) is 3.30. The lowest BCUT2D eigenvalue weighted by atomic mass is 10.0.